The third kappa shape index (κ3) is 3.01. The molecule has 0 aliphatic carbocycles. The first-order valence-electron chi connectivity index (χ1n) is 5.27. The van der Waals surface area contributed by atoms with Gasteiger partial charge in [-0.2, -0.15) is 0 Å². The summed E-state index contributed by atoms with van der Waals surface area (Å²) in [7, 11) is 0. The molecule has 1 aliphatic heterocycles. The number of nitrogens with zero attached hydrogens (tertiary/aromatic N) is 2. The monoisotopic (exact) mass is 255 g/mol. The van der Waals surface area contributed by atoms with Crippen LogP contribution in [0.25, 0.3) is 0 Å². The van der Waals surface area contributed by atoms with Crippen molar-refractivity contribution in [2.75, 3.05) is 13.1 Å². The second kappa shape index (κ2) is 5.24. The number of hydrogen-bond donors (Lipinski definition) is 2. The van der Waals surface area contributed by atoms with Crippen LogP contribution in [-0.2, 0) is 16.1 Å². The highest BCUT2D eigenvalue weighted by Gasteiger charge is 2.31. The van der Waals surface area contributed by atoms with Gasteiger partial charge >= 0.3 is 5.97 Å². The van der Waals surface area contributed by atoms with Crippen molar-refractivity contribution in [3.8, 4) is 0 Å². The molecule has 6 nitrogen and oxygen atoms in total. The van der Waals surface area contributed by atoms with Crippen LogP contribution in [0.15, 0.2) is 10.9 Å². The van der Waals surface area contributed by atoms with E-state index in [4.69, 9.17) is 5.11 Å². The standard InChI is InChI=1S/C10H13N3O3S/c14-9(15)3-8-10(16)11-1-2-13(8)4-7-5-17-6-12-7/h5-6,8H,1-4H2,(H,11,16)(H,14,15). The SMILES string of the molecule is O=C(O)CC1C(=O)NCCN1Cc1cscn1. The van der Waals surface area contributed by atoms with Gasteiger partial charge in [0.05, 0.1) is 17.6 Å². The van der Waals surface area contributed by atoms with Crippen LogP contribution < -0.4 is 5.32 Å². The third-order valence-electron chi connectivity index (χ3n) is 2.66. The predicted octanol–water partition coefficient (Wildman–Crippen LogP) is -0.0818. The van der Waals surface area contributed by atoms with Gasteiger partial charge in [-0.05, 0) is 0 Å². The van der Waals surface area contributed by atoms with Crippen LogP contribution in [0.1, 0.15) is 12.1 Å². The molecular weight excluding hydrogens is 242 g/mol. The number of carboxylic acid groups (broad SMARTS) is 1. The van der Waals surface area contributed by atoms with Crippen LogP contribution in [0.4, 0.5) is 0 Å². The summed E-state index contributed by atoms with van der Waals surface area (Å²) in [6.07, 6.45) is -0.171. The summed E-state index contributed by atoms with van der Waals surface area (Å²) >= 11 is 1.49. The molecule has 0 spiro atoms. The van der Waals surface area contributed by atoms with Gasteiger partial charge in [-0.15, -0.1) is 11.3 Å². The van der Waals surface area contributed by atoms with E-state index in [1.807, 2.05) is 10.3 Å². The Morgan fingerprint density at radius 2 is 2.53 bits per heavy atom. The quantitative estimate of drug-likeness (QED) is 0.786. The van der Waals surface area contributed by atoms with E-state index in [1.165, 1.54) is 11.3 Å². The number of nitrogens with one attached hydrogen (secondary N) is 1. The zero-order valence-electron chi connectivity index (χ0n) is 9.13. The molecule has 1 unspecified atom stereocenters. The summed E-state index contributed by atoms with van der Waals surface area (Å²) < 4.78 is 0. The Bertz CT molecular complexity index is 407. The van der Waals surface area contributed by atoms with Crippen LogP contribution in [0.5, 0.6) is 0 Å². The Morgan fingerprint density at radius 1 is 1.71 bits per heavy atom. The number of aromatic nitrogens is 1. The van der Waals surface area contributed by atoms with Gasteiger partial charge in [-0.3, -0.25) is 14.5 Å². The molecule has 1 fully saturated rings. The van der Waals surface area contributed by atoms with Gasteiger partial charge in [0, 0.05) is 25.0 Å². The maximum Gasteiger partial charge on any atom is 0.305 e. The van der Waals surface area contributed by atoms with Crippen molar-refractivity contribution in [2.45, 2.75) is 19.0 Å². The first kappa shape index (κ1) is 12.0. The molecule has 92 valence electrons. The second-order valence-electron chi connectivity index (χ2n) is 3.85. The molecule has 0 radical (unpaired) electrons. The molecule has 2 N–H and O–H groups in total. The van der Waals surface area contributed by atoms with Gasteiger partial charge in [0.15, 0.2) is 0 Å². The normalized spacial score (nSPS) is 21.2. The van der Waals surface area contributed by atoms with Crippen molar-refractivity contribution < 1.29 is 14.7 Å². The lowest BCUT2D eigenvalue weighted by atomic mass is 10.1. The Kier molecular flexibility index (Phi) is 3.70. The molecule has 17 heavy (non-hydrogen) atoms. The van der Waals surface area contributed by atoms with Crippen LogP contribution in [-0.4, -0.2) is 46.0 Å². The molecule has 2 heterocycles. The molecular formula is C10H13N3O3S. The minimum atomic E-state index is -0.963. The number of rotatable bonds is 4. The van der Waals surface area contributed by atoms with E-state index in [1.54, 1.807) is 5.51 Å². The number of hydrogen-bond acceptors (Lipinski definition) is 5. The van der Waals surface area contributed by atoms with E-state index >= 15 is 0 Å². The van der Waals surface area contributed by atoms with E-state index < -0.39 is 12.0 Å². The number of carbonyl (C=O) groups excluding carboxylic acids is 1. The van der Waals surface area contributed by atoms with Crippen molar-refractivity contribution in [2.24, 2.45) is 0 Å². The van der Waals surface area contributed by atoms with E-state index in [0.717, 1.165) is 5.69 Å². The maximum absolute atomic E-state index is 11.6. The lowest BCUT2D eigenvalue weighted by molar-refractivity contribution is -0.143. The van der Waals surface area contributed by atoms with E-state index in [9.17, 15) is 9.59 Å². The van der Waals surface area contributed by atoms with Crippen molar-refractivity contribution in [3.63, 3.8) is 0 Å². The Morgan fingerprint density at radius 3 is 3.18 bits per heavy atom. The summed E-state index contributed by atoms with van der Waals surface area (Å²) in [5.74, 6) is -1.18. The van der Waals surface area contributed by atoms with Crippen molar-refractivity contribution >= 4 is 23.2 Å². The number of thiazole rings is 1. The molecule has 0 bridgehead atoms. The molecule has 1 amide bonds. The largest absolute Gasteiger partial charge is 0.481 e. The van der Waals surface area contributed by atoms with Crippen molar-refractivity contribution in [1.29, 1.82) is 0 Å². The second-order valence-corrected chi connectivity index (χ2v) is 4.57. The van der Waals surface area contributed by atoms with Crippen LogP contribution in [0.2, 0.25) is 0 Å². The summed E-state index contributed by atoms with van der Waals surface area (Å²) in [4.78, 5) is 28.4. The van der Waals surface area contributed by atoms with Gasteiger partial charge in [0.25, 0.3) is 0 Å². The highest BCUT2D eigenvalue weighted by atomic mass is 32.1. The van der Waals surface area contributed by atoms with Crippen LogP contribution in [0.3, 0.4) is 0 Å². The zero-order valence-corrected chi connectivity index (χ0v) is 9.94. The van der Waals surface area contributed by atoms with Gasteiger partial charge < -0.3 is 10.4 Å². The molecule has 0 aromatic carbocycles. The lowest BCUT2D eigenvalue weighted by Gasteiger charge is -2.33. The van der Waals surface area contributed by atoms with Gasteiger partial charge in [-0.1, -0.05) is 0 Å². The summed E-state index contributed by atoms with van der Waals surface area (Å²) in [5, 5.41) is 13.4. The minimum Gasteiger partial charge on any atom is -0.481 e. The van der Waals surface area contributed by atoms with Gasteiger partial charge in [0.1, 0.15) is 6.04 Å². The van der Waals surface area contributed by atoms with E-state index in [0.29, 0.717) is 19.6 Å². The van der Waals surface area contributed by atoms with Crippen molar-refractivity contribution in [3.05, 3.63) is 16.6 Å². The molecule has 1 aromatic heterocycles. The fourth-order valence-electron chi connectivity index (χ4n) is 1.86. The lowest BCUT2D eigenvalue weighted by Crippen LogP contribution is -2.55. The minimum absolute atomic E-state index is 0.171. The summed E-state index contributed by atoms with van der Waals surface area (Å²) in [6, 6.07) is -0.594. The van der Waals surface area contributed by atoms with Crippen LogP contribution in [0, 0.1) is 0 Å². The van der Waals surface area contributed by atoms with Crippen molar-refractivity contribution in [1.82, 2.24) is 15.2 Å². The molecule has 1 aliphatic rings. The number of carbonyl (C=O) groups is 2. The van der Waals surface area contributed by atoms with Gasteiger partial charge in [0.2, 0.25) is 5.91 Å². The maximum atomic E-state index is 11.6. The molecule has 2 rings (SSSR count). The Hall–Kier alpha value is -1.47. The van der Waals surface area contributed by atoms with E-state index in [-0.39, 0.29) is 12.3 Å². The molecule has 1 aromatic rings. The van der Waals surface area contributed by atoms with E-state index in [2.05, 4.69) is 10.3 Å². The number of piperazine rings is 1. The first-order valence-corrected chi connectivity index (χ1v) is 6.21. The molecule has 0 saturated carbocycles. The Balaban J connectivity index is 2.06. The average molecular weight is 255 g/mol. The number of amides is 1. The fourth-order valence-corrected chi connectivity index (χ4v) is 2.41. The molecule has 1 atom stereocenters. The molecule has 7 heteroatoms. The zero-order chi connectivity index (χ0) is 12.3. The summed E-state index contributed by atoms with van der Waals surface area (Å²) in [5.41, 5.74) is 2.60. The predicted molar refractivity (Wildman–Crippen MR) is 61.6 cm³/mol. The first-order chi connectivity index (χ1) is 8.16. The van der Waals surface area contributed by atoms with Crippen LogP contribution >= 0.6 is 11.3 Å². The topological polar surface area (TPSA) is 82.5 Å². The average Bonchev–Trinajstić information content (AvgIpc) is 2.75. The highest BCUT2D eigenvalue weighted by Crippen LogP contribution is 2.13. The Labute approximate surface area is 102 Å². The van der Waals surface area contributed by atoms with Gasteiger partial charge in [-0.25, -0.2) is 4.98 Å². The highest BCUT2D eigenvalue weighted by molar-refractivity contribution is 7.07. The summed E-state index contributed by atoms with van der Waals surface area (Å²) in [6.45, 7) is 1.73. The fraction of sp³-hybridized carbons (Fsp3) is 0.500. The molecule has 1 saturated heterocycles. The number of aliphatic carboxylic acids is 1. The smallest absolute Gasteiger partial charge is 0.305 e. The third-order valence-corrected chi connectivity index (χ3v) is 3.29. The number of carboxylic acids is 1.